The first-order valence-corrected chi connectivity index (χ1v) is 10.4. The Morgan fingerprint density at radius 2 is 1.74 bits per heavy atom. The van der Waals surface area contributed by atoms with Crippen LogP contribution in [0.1, 0.15) is 46.6 Å². The highest BCUT2D eigenvalue weighted by Gasteiger charge is 2.37. The molecule has 0 saturated carbocycles. The maximum absolute atomic E-state index is 12.6. The lowest BCUT2D eigenvalue weighted by Crippen LogP contribution is -2.46. The second kappa shape index (κ2) is 6.49. The zero-order valence-electron chi connectivity index (χ0n) is 13.6. The number of sulfonamides is 1. The molecular formula is C15H23N3O3S2. The van der Waals surface area contributed by atoms with Crippen molar-refractivity contribution in [3.8, 4) is 0 Å². The van der Waals surface area contributed by atoms with Crippen molar-refractivity contribution in [2.75, 3.05) is 26.2 Å². The second-order valence-corrected chi connectivity index (χ2v) is 9.53. The number of likely N-dealkylation sites (tertiary alicyclic amines) is 1. The van der Waals surface area contributed by atoms with Gasteiger partial charge in [-0.05, 0) is 51.1 Å². The van der Waals surface area contributed by atoms with Crippen LogP contribution in [0.5, 0.6) is 0 Å². The Morgan fingerprint density at radius 1 is 1.13 bits per heavy atom. The molecule has 1 aromatic rings. The van der Waals surface area contributed by atoms with Crippen LogP contribution in [0.15, 0.2) is 0 Å². The fourth-order valence-electron chi connectivity index (χ4n) is 3.46. The van der Waals surface area contributed by atoms with Gasteiger partial charge in [0.25, 0.3) is 5.91 Å². The molecule has 0 atom stereocenters. The van der Waals surface area contributed by atoms with E-state index in [0.717, 1.165) is 23.4 Å². The number of hydrogen-bond donors (Lipinski definition) is 0. The number of hydrogen-bond acceptors (Lipinski definition) is 5. The third-order valence-corrected chi connectivity index (χ3v) is 8.06. The van der Waals surface area contributed by atoms with E-state index in [4.69, 9.17) is 0 Å². The molecule has 0 radical (unpaired) electrons. The van der Waals surface area contributed by atoms with Gasteiger partial charge in [0.05, 0.1) is 16.5 Å². The van der Waals surface area contributed by atoms with Crippen LogP contribution >= 0.6 is 11.5 Å². The number of rotatable bonds is 3. The Morgan fingerprint density at radius 3 is 2.26 bits per heavy atom. The van der Waals surface area contributed by atoms with E-state index in [0.29, 0.717) is 44.6 Å². The predicted molar refractivity (Wildman–Crippen MR) is 90.2 cm³/mol. The Labute approximate surface area is 141 Å². The molecule has 0 aliphatic carbocycles. The molecule has 6 nitrogen and oxygen atoms in total. The van der Waals surface area contributed by atoms with E-state index in [2.05, 4.69) is 4.37 Å². The number of piperidine rings is 1. The molecule has 3 heterocycles. The standard InChI is InChI=1S/C15H23N3O3S2/c1-11-14(12(2)22-16-11)15(19)17-9-5-13(6-10-17)23(20,21)18-7-3-4-8-18/h13H,3-10H2,1-2H3. The van der Waals surface area contributed by atoms with E-state index in [1.807, 2.05) is 13.8 Å². The predicted octanol–water partition coefficient (Wildman–Crippen LogP) is 1.79. The number of carbonyl (C=O) groups excluding carboxylic acids is 1. The van der Waals surface area contributed by atoms with Gasteiger partial charge in [-0.25, -0.2) is 12.7 Å². The lowest BCUT2D eigenvalue weighted by molar-refractivity contribution is 0.0723. The minimum atomic E-state index is -3.20. The summed E-state index contributed by atoms with van der Waals surface area (Å²) in [5.74, 6) is -0.00855. The first-order chi connectivity index (χ1) is 10.9. The Balaban J connectivity index is 1.65. The number of amides is 1. The topological polar surface area (TPSA) is 70.6 Å². The lowest BCUT2D eigenvalue weighted by Gasteiger charge is -2.33. The van der Waals surface area contributed by atoms with Gasteiger partial charge in [0.1, 0.15) is 0 Å². The van der Waals surface area contributed by atoms with Crippen molar-refractivity contribution in [1.29, 1.82) is 0 Å². The van der Waals surface area contributed by atoms with Crippen LogP contribution in [0.3, 0.4) is 0 Å². The summed E-state index contributed by atoms with van der Waals surface area (Å²) in [5, 5.41) is -0.340. The van der Waals surface area contributed by atoms with Crippen LogP contribution in [0.25, 0.3) is 0 Å². The molecule has 2 fully saturated rings. The zero-order valence-corrected chi connectivity index (χ0v) is 15.3. The Bertz CT molecular complexity index is 665. The van der Waals surface area contributed by atoms with Crippen molar-refractivity contribution in [2.24, 2.45) is 0 Å². The van der Waals surface area contributed by atoms with Gasteiger partial charge in [-0.3, -0.25) is 4.79 Å². The fourth-order valence-corrected chi connectivity index (χ4v) is 6.14. The maximum atomic E-state index is 12.6. The normalized spacial score (nSPS) is 21.0. The maximum Gasteiger partial charge on any atom is 0.256 e. The molecular weight excluding hydrogens is 334 g/mol. The summed E-state index contributed by atoms with van der Waals surface area (Å²) in [6.07, 6.45) is 2.97. The highest BCUT2D eigenvalue weighted by atomic mass is 32.2. The van der Waals surface area contributed by atoms with Gasteiger partial charge in [-0.15, -0.1) is 0 Å². The smallest absolute Gasteiger partial charge is 0.256 e. The summed E-state index contributed by atoms with van der Waals surface area (Å²) in [4.78, 5) is 15.4. The summed E-state index contributed by atoms with van der Waals surface area (Å²) in [6, 6.07) is 0. The van der Waals surface area contributed by atoms with E-state index >= 15 is 0 Å². The van der Waals surface area contributed by atoms with Crippen LogP contribution < -0.4 is 0 Å². The molecule has 0 aromatic carbocycles. The highest BCUT2D eigenvalue weighted by molar-refractivity contribution is 7.89. The summed E-state index contributed by atoms with van der Waals surface area (Å²) in [6.45, 7) is 6.07. The van der Waals surface area contributed by atoms with E-state index in [9.17, 15) is 13.2 Å². The summed E-state index contributed by atoms with van der Waals surface area (Å²) in [5.41, 5.74) is 1.46. The molecule has 8 heteroatoms. The van der Waals surface area contributed by atoms with Crippen LogP contribution in [0, 0.1) is 13.8 Å². The number of aromatic nitrogens is 1. The summed E-state index contributed by atoms with van der Waals surface area (Å²) in [7, 11) is -3.20. The Hall–Kier alpha value is -0.990. The fraction of sp³-hybridized carbons (Fsp3) is 0.733. The van der Waals surface area contributed by atoms with E-state index < -0.39 is 10.0 Å². The highest BCUT2D eigenvalue weighted by Crippen LogP contribution is 2.26. The number of nitrogens with zero attached hydrogens (tertiary/aromatic N) is 3. The SMILES string of the molecule is Cc1nsc(C)c1C(=O)N1CCC(S(=O)(=O)N2CCCC2)CC1. The molecule has 0 bridgehead atoms. The van der Waals surface area contributed by atoms with Crippen molar-refractivity contribution < 1.29 is 13.2 Å². The Kier molecular flexibility index (Phi) is 4.75. The molecule has 1 aromatic heterocycles. The second-order valence-electron chi connectivity index (χ2n) is 6.34. The lowest BCUT2D eigenvalue weighted by atomic mass is 10.1. The minimum absolute atomic E-state index is 0.00855. The molecule has 2 aliphatic rings. The summed E-state index contributed by atoms with van der Waals surface area (Å²) < 4.78 is 31.1. The van der Waals surface area contributed by atoms with Crippen molar-refractivity contribution in [3.05, 3.63) is 16.1 Å². The van der Waals surface area contributed by atoms with Crippen molar-refractivity contribution in [1.82, 2.24) is 13.6 Å². The molecule has 0 unspecified atom stereocenters. The van der Waals surface area contributed by atoms with Gasteiger partial charge in [-0.1, -0.05) is 0 Å². The quantitative estimate of drug-likeness (QED) is 0.827. The van der Waals surface area contributed by atoms with Gasteiger partial charge < -0.3 is 4.90 Å². The summed E-state index contributed by atoms with van der Waals surface area (Å²) >= 11 is 1.34. The molecule has 1 amide bonds. The van der Waals surface area contributed by atoms with Crippen molar-refractivity contribution in [2.45, 2.75) is 44.8 Å². The van der Waals surface area contributed by atoms with Crippen LogP contribution in [0.2, 0.25) is 0 Å². The van der Waals surface area contributed by atoms with E-state index in [-0.39, 0.29) is 11.2 Å². The molecule has 2 saturated heterocycles. The van der Waals surface area contributed by atoms with Crippen LogP contribution in [-0.4, -0.2) is 59.3 Å². The van der Waals surface area contributed by atoms with Crippen molar-refractivity contribution in [3.63, 3.8) is 0 Å². The first-order valence-electron chi connectivity index (χ1n) is 8.12. The van der Waals surface area contributed by atoms with Crippen LogP contribution in [-0.2, 0) is 10.0 Å². The van der Waals surface area contributed by atoms with Gasteiger partial charge >= 0.3 is 0 Å². The molecule has 2 aliphatic heterocycles. The van der Waals surface area contributed by atoms with E-state index in [1.165, 1.54) is 11.5 Å². The largest absolute Gasteiger partial charge is 0.338 e. The molecule has 0 spiro atoms. The average molecular weight is 358 g/mol. The van der Waals surface area contributed by atoms with Gasteiger partial charge in [0.15, 0.2) is 0 Å². The van der Waals surface area contributed by atoms with Gasteiger partial charge in [-0.2, -0.15) is 4.37 Å². The monoisotopic (exact) mass is 357 g/mol. The third kappa shape index (κ3) is 3.16. The number of aryl methyl sites for hydroxylation is 2. The van der Waals surface area contributed by atoms with Gasteiger partial charge in [0, 0.05) is 31.1 Å². The zero-order chi connectivity index (χ0) is 16.6. The number of carbonyl (C=O) groups is 1. The van der Waals surface area contributed by atoms with Crippen LogP contribution in [0.4, 0.5) is 0 Å². The first kappa shape index (κ1) is 16.9. The average Bonchev–Trinajstić information content (AvgIpc) is 3.18. The van der Waals surface area contributed by atoms with Crippen molar-refractivity contribution >= 4 is 27.5 Å². The molecule has 23 heavy (non-hydrogen) atoms. The minimum Gasteiger partial charge on any atom is -0.338 e. The third-order valence-electron chi connectivity index (χ3n) is 4.82. The van der Waals surface area contributed by atoms with Gasteiger partial charge in [0.2, 0.25) is 10.0 Å². The molecule has 0 N–H and O–H groups in total. The molecule has 3 rings (SSSR count). The molecule has 128 valence electrons. The van der Waals surface area contributed by atoms with E-state index in [1.54, 1.807) is 9.21 Å².